The predicted molar refractivity (Wildman–Crippen MR) is 87.5 cm³/mol. The molecule has 126 valence electrons. The molecule has 1 fully saturated rings. The minimum Gasteiger partial charge on any atom is -0.460 e. The van der Waals surface area contributed by atoms with E-state index in [1.165, 1.54) is 0 Å². The zero-order valence-corrected chi connectivity index (χ0v) is 14.1. The number of thiocarbonyl (C=S) groups is 1. The summed E-state index contributed by atoms with van der Waals surface area (Å²) in [6.07, 6.45) is 1.13. The molecule has 1 rings (SSSR count). The maximum atomic E-state index is 11.8. The number of carbonyl (C=O) groups is 1. The number of nitrogens with one attached hydrogen (secondary N) is 1. The predicted octanol–water partition coefficient (Wildman–Crippen LogP) is 0.959. The van der Waals surface area contributed by atoms with Gasteiger partial charge in [0.05, 0.1) is 31.8 Å². The second-order valence-electron chi connectivity index (χ2n) is 5.51. The first-order chi connectivity index (χ1) is 10.4. The molecule has 0 saturated carbocycles. The van der Waals surface area contributed by atoms with Gasteiger partial charge in [0.15, 0.2) is 5.11 Å². The number of nitrogens with zero attached hydrogens (tertiary/aromatic N) is 1. The monoisotopic (exact) mass is 331 g/mol. The minimum atomic E-state index is -0.211. The van der Waals surface area contributed by atoms with Crippen LogP contribution in [0.4, 0.5) is 0 Å². The van der Waals surface area contributed by atoms with Crippen LogP contribution >= 0.6 is 12.2 Å². The van der Waals surface area contributed by atoms with Crippen LogP contribution in [0.15, 0.2) is 5.10 Å². The third-order valence-corrected chi connectivity index (χ3v) is 3.14. The first kappa shape index (κ1) is 18.8. The molecule has 22 heavy (non-hydrogen) atoms. The van der Waals surface area contributed by atoms with Crippen LogP contribution in [-0.4, -0.2) is 48.8 Å². The lowest BCUT2D eigenvalue weighted by molar-refractivity contribution is -0.146. The summed E-state index contributed by atoms with van der Waals surface area (Å²) in [4.78, 5) is 11.8. The number of esters is 1. The lowest BCUT2D eigenvalue weighted by Gasteiger charge is -2.11. The Morgan fingerprint density at radius 1 is 1.55 bits per heavy atom. The molecular weight excluding hydrogens is 306 g/mol. The Balaban J connectivity index is 2.25. The van der Waals surface area contributed by atoms with E-state index >= 15 is 0 Å². The molecule has 0 aliphatic carbocycles. The summed E-state index contributed by atoms with van der Waals surface area (Å²) in [5.74, 6) is -0.408. The Bertz CT molecular complexity index is 415. The van der Waals surface area contributed by atoms with E-state index in [-0.39, 0.29) is 29.2 Å². The average Bonchev–Trinajstić information content (AvgIpc) is 2.76. The van der Waals surface area contributed by atoms with Crippen LogP contribution in [0.1, 0.15) is 33.6 Å². The van der Waals surface area contributed by atoms with E-state index in [9.17, 15) is 4.79 Å². The van der Waals surface area contributed by atoms with Gasteiger partial charge >= 0.3 is 5.97 Å². The fraction of sp³-hybridized carbons (Fsp3) is 0.786. The van der Waals surface area contributed by atoms with Crippen molar-refractivity contribution >= 4 is 29.0 Å². The molecule has 0 spiro atoms. The van der Waals surface area contributed by atoms with E-state index in [0.29, 0.717) is 32.7 Å². The molecular formula is C14H25N3O4S. The molecule has 0 aromatic rings. The molecule has 0 aromatic heterocycles. The van der Waals surface area contributed by atoms with Crippen molar-refractivity contribution in [1.29, 1.82) is 0 Å². The largest absolute Gasteiger partial charge is 0.460 e. The average molecular weight is 331 g/mol. The number of carbonyl (C=O) groups excluding carboxylic acids is 1. The number of nitrogens with two attached hydrogens (primary N) is 1. The number of hydrazone groups is 1. The van der Waals surface area contributed by atoms with E-state index < -0.39 is 0 Å². The van der Waals surface area contributed by atoms with Gasteiger partial charge in [0.1, 0.15) is 6.10 Å². The van der Waals surface area contributed by atoms with Gasteiger partial charge in [-0.1, -0.05) is 0 Å². The zero-order valence-electron chi connectivity index (χ0n) is 13.3. The summed E-state index contributed by atoms with van der Waals surface area (Å²) < 4.78 is 16.1. The van der Waals surface area contributed by atoms with Gasteiger partial charge in [-0.3, -0.25) is 10.2 Å². The van der Waals surface area contributed by atoms with Gasteiger partial charge in [-0.2, -0.15) is 5.10 Å². The van der Waals surface area contributed by atoms with Gasteiger partial charge in [0.2, 0.25) is 0 Å². The molecule has 0 aromatic carbocycles. The van der Waals surface area contributed by atoms with Crippen LogP contribution in [0.25, 0.3) is 0 Å². The van der Waals surface area contributed by atoms with Crippen molar-refractivity contribution in [2.45, 2.75) is 45.8 Å². The summed E-state index contributed by atoms with van der Waals surface area (Å²) in [5.41, 5.74) is 8.55. The van der Waals surface area contributed by atoms with Gasteiger partial charge in [-0.15, -0.1) is 0 Å². The topological polar surface area (TPSA) is 95.2 Å². The lowest BCUT2D eigenvalue weighted by atomic mass is 9.99. The summed E-state index contributed by atoms with van der Waals surface area (Å²) >= 11 is 4.66. The van der Waals surface area contributed by atoms with Crippen LogP contribution in [0.3, 0.4) is 0 Å². The number of ether oxygens (including phenoxy) is 3. The highest BCUT2D eigenvalue weighted by Crippen LogP contribution is 2.24. The second kappa shape index (κ2) is 9.70. The van der Waals surface area contributed by atoms with Crippen LogP contribution in [-0.2, 0) is 19.0 Å². The maximum absolute atomic E-state index is 11.8. The van der Waals surface area contributed by atoms with Crippen LogP contribution in [0, 0.1) is 5.92 Å². The highest BCUT2D eigenvalue weighted by Gasteiger charge is 2.34. The molecule has 0 unspecified atom stereocenters. The Labute approximate surface area is 136 Å². The molecule has 3 N–H and O–H groups in total. The fourth-order valence-corrected chi connectivity index (χ4v) is 2.15. The third kappa shape index (κ3) is 7.67. The number of rotatable bonds is 9. The maximum Gasteiger partial charge on any atom is 0.309 e. The molecule has 7 nitrogen and oxygen atoms in total. The van der Waals surface area contributed by atoms with Gasteiger partial charge in [-0.05, 0) is 33.0 Å². The van der Waals surface area contributed by atoms with Crippen molar-refractivity contribution in [3.8, 4) is 0 Å². The number of cyclic esters (lactones) is 1. The van der Waals surface area contributed by atoms with Crippen LogP contribution in [0.5, 0.6) is 0 Å². The highest BCUT2D eigenvalue weighted by molar-refractivity contribution is 7.80. The van der Waals surface area contributed by atoms with E-state index in [1.807, 2.05) is 20.8 Å². The Kier molecular flexibility index (Phi) is 8.29. The van der Waals surface area contributed by atoms with Gasteiger partial charge < -0.3 is 19.9 Å². The molecule has 2 atom stereocenters. The molecule has 1 saturated heterocycles. The molecule has 1 aliphatic heterocycles. The van der Waals surface area contributed by atoms with Gasteiger partial charge in [-0.25, -0.2) is 0 Å². The van der Waals surface area contributed by atoms with Crippen LogP contribution in [0.2, 0.25) is 0 Å². The molecule has 0 bridgehead atoms. The molecule has 1 aliphatic rings. The van der Waals surface area contributed by atoms with E-state index in [4.69, 9.17) is 19.9 Å². The first-order valence-corrected chi connectivity index (χ1v) is 7.77. The third-order valence-electron chi connectivity index (χ3n) is 3.04. The Morgan fingerprint density at radius 3 is 2.91 bits per heavy atom. The normalized spacial score (nSPS) is 22.0. The summed E-state index contributed by atoms with van der Waals surface area (Å²) in [7, 11) is 0. The molecule has 0 radical (unpaired) electrons. The summed E-state index contributed by atoms with van der Waals surface area (Å²) in [5, 5.41) is 4.09. The fourth-order valence-electron chi connectivity index (χ4n) is 2.10. The minimum absolute atomic E-state index is 0.100. The number of hydrogen-bond acceptors (Lipinski definition) is 6. The highest BCUT2D eigenvalue weighted by atomic mass is 32.1. The van der Waals surface area contributed by atoms with Crippen molar-refractivity contribution < 1.29 is 19.0 Å². The van der Waals surface area contributed by atoms with Crippen molar-refractivity contribution in [3.63, 3.8) is 0 Å². The summed E-state index contributed by atoms with van der Waals surface area (Å²) in [6, 6.07) is 0. The van der Waals surface area contributed by atoms with Crippen molar-refractivity contribution in [2.24, 2.45) is 16.8 Å². The van der Waals surface area contributed by atoms with Crippen molar-refractivity contribution in [1.82, 2.24) is 5.43 Å². The molecule has 0 amide bonds. The van der Waals surface area contributed by atoms with Crippen LogP contribution < -0.4 is 11.2 Å². The molecule has 8 heteroatoms. The van der Waals surface area contributed by atoms with E-state index in [2.05, 4.69) is 22.7 Å². The number of hydrogen-bond donors (Lipinski definition) is 2. The van der Waals surface area contributed by atoms with Crippen molar-refractivity contribution in [2.75, 3.05) is 19.8 Å². The first-order valence-electron chi connectivity index (χ1n) is 7.37. The zero-order chi connectivity index (χ0) is 16.5. The van der Waals surface area contributed by atoms with Gasteiger partial charge in [0.25, 0.3) is 0 Å². The van der Waals surface area contributed by atoms with E-state index in [0.717, 1.165) is 5.71 Å². The van der Waals surface area contributed by atoms with E-state index in [1.54, 1.807) is 0 Å². The van der Waals surface area contributed by atoms with Crippen molar-refractivity contribution in [3.05, 3.63) is 0 Å². The quantitative estimate of drug-likeness (QED) is 0.214. The SMILES string of the molecule is C/C(C[C@H]1C[C@H](COCCOC(C)C)OC1=O)=N/NC(N)=S. The Morgan fingerprint density at radius 2 is 2.27 bits per heavy atom. The second-order valence-corrected chi connectivity index (χ2v) is 5.95. The lowest BCUT2D eigenvalue weighted by Crippen LogP contribution is -2.25. The standard InChI is InChI=1S/C14H25N3O4S/c1-9(2)20-5-4-19-8-12-7-11(13(18)21-12)6-10(3)16-17-14(15)22/h9,11-12H,4-8H2,1-3H3,(H3,15,17,22)/b16-10-/t11-,12+/m0/s1. The van der Waals surface area contributed by atoms with Gasteiger partial charge in [0, 0.05) is 18.6 Å². The smallest absolute Gasteiger partial charge is 0.309 e. The summed E-state index contributed by atoms with van der Waals surface area (Å²) in [6.45, 7) is 7.18. The molecule has 1 heterocycles. The Hall–Kier alpha value is -1.25.